The average molecular weight is 346 g/mol. The van der Waals surface area contributed by atoms with Crippen LogP contribution in [0.1, 0.15) is 12.0 Å². The number of likely N-dealkylation sites (N-methyl/N-ethyl adjacent to an activating group) is 1. The molecule has 2 aromatic carbocycles. The van der Waals surface area contributed by atoms with Gasteiger partial charge in [-0.2, -0.15) is 0 Å². The van der Waals surface area contributed by atoms with Crippen LogP contribution < -0.4 is 9.47 Å². The van der Waals surface area contributed by atoms with Crippen LogP contribution in [0, 0.1) is 0 Å². The van der Waals surface area contributed by atoms with Crippen LogP contribution in [0.15, 0.2) is 48.5 Å². The van der Waals surface area contributed by atoms with Gasteiger partial charge in [-0.05, 0) is 30.2 Å². The summed E-state index contributed by atoms with van der Waals surface area (Å²) in [7, 11) is 1.79. The van der Waals surface area contributed by atoms with E-state index in [1.54, 1.807) is 11.9 Å². The van der Waals surface area contributed by atoms with E-state index in [2.05, 4.69) is 0 Å². The molecule has 4 nitrogen and oxygen atoms in total. The fourth-order valence-corrected chi connectivity index (χ4v) is 2.92. The number of amides is 1. The first kappa shape index (κ1) is 16.7. The predicted octanol–water partition coefficient (Wildman–Crippen LogP) is 3.57. The Balaban J connectivity index is 1.51. The van der Waals surface area contributed by atoms with Gasteiger partial charge in [0, 0.05) is 18.5 Å². The summed E-state index contributed by atoms with van der Waals surface area (Å²) in [6.07, 6.45) is 0.895. The van der Waals surface area contributed by atoms with Gasteiger partial charge in [0.25, 0.3) is 0 Å². The van der Waals surface area contributed by atoms with Crippen molar-refractivity contribution in [3.63, 3.8) is 0 Å². The minimum absolute atomic E-state index is 0.0670. The third-order valence-corrected chi connectivity index (χ3v) is 4.41. The fourth-order valence-electron chi connectivity index (χ4n) is 2.69. The second-order valence-corrected chi connectivity index (χ2v) is 6.27. The maximum atomic E-state index is 12.3. The van der Waals surface area contributed by atoms with Crippen LogP contribution in [0.5, 0.6) is 11.5 Å². The molecule has 1 amide bonds. The number of carbonyl (C=O) groups excluding carboxylic acids is 1. The van der Waals surface area contributed by atoms with Crippen molar-refractivity contribution >= 4 is 17.5 Å². The third kappa shape index (κ3) is 4.01. The van der Waals surface area contributed by atoms with Crippen molar-refractivity contribution in [2.45, 2.75) is 18.9 Å². The van der Waals surface area contributed by atoms with Gasteiger partial charge in [-0.1, -0.05) is 41.9 Å². The first-order chi connectivity index (χ1) is 11.6. The van der Waals surface area contributed by atoms with E-state index in [4.69, 9.17) is 21.1 Å². The molecule has 1 unspecified atom stereocenters. The number of benzene rings is 2. The normalized spacial score (nSPS) is 15.8. The summed E-state index contributed by atoms with van der Waals surface area (Å²) in [5.41, 5.74) is 0.993. The van der Waals surface area contributed by atoms with Crippen LogP contribution >= 0.6 is 11.6 Å². The smallest absolute Gasteiger partial charge is 0.222 e. The Morgan fingerprint density at radius 2 is 1.88 bits per heavy atom. The third-order valence-electron chi connectivity index (χ3n) is 4.04. The predicted molar refractivity (Wildman–Crippen MR) is 93.8 cm³/mol. The van der Waals surface area contributed by atoms with Crippen LogP contribution in [0.4, 0.5) is 0 Å². The summed E-state index contributed by atoms with van der Waals surface area (Å²) in [6, 6.07) is 15.2. The molecule has 0 saturated carbocycles. The van der Waals surface area contributed by atoms with Crippen LogP contribution in [-0.2, 0) is 11.2 Å². The van der Waals surface area contributed by atoms with Gasteiger partial charge in [-0.3, -0.25) is 4.79 Å². The van der Waals surface area contributed by atoms with E-state index in [1.165, 1.54) is 0 Å². The van der Waals surface area contributed by atoms with Crippen molar-refractivity contribution in [1.29, 1.82) is 0 Å². The SMILES string of the molecule is CN(CC1COc2ccccc2O1)C(=O)CCc1ccccc1Cl. The number of rotatable bonds is 5. The molecular weight excluding hydrogens is 326 g/mol. The van der Waals surface area contributed by atoms with E-state index >= 15 is 0 Å². The van der Waals surface area contributed by atoms with Gasteiger partial charge >= 0.3 is 0 Å². The topological polar surface area (TPSA) is 38.8 Å². The highest BCUT2D eigenvalue weighted by Crippen LogP contribution is 2.31. The Kier molecular flexibility index (Phi) is 5.26. The van der Waals surface area contributed by atoms with Crippen molar-refractivity contribution in [2.75, 3.05) is 20.2 Å². The van der Waals surface area contributed by atoms with E-state index in [0.29, 0.717) is 31.0 Å². The quantitative estimate of drug-likeness (QED) is 0.831. The maximum Gasteiger partial charge on any atom is 0.222 e. The first-order valence-electron chi connectivity index (χ1n) is 7.99. The minimum atomic E-state index is -0.158. The summed E-state index contributed by atoms with van der Waals surface area (Å²) in [6.45, 7) is 0.939. The highest BCUT2D eigenvalue weighted by Gasteiger charge is 2.23. The highest BCUT2D eigenvalue weighted by molar-refractivity contribution is 6.31. The number of fused-ring (bicyclic) bond motifs is 1. The van der Waals surface area contributed by atoms with Gasteiger partial charge in [0.15, 0.2) is 17.6 Å². The van der Waals surface area contributed by atoms with Gasteiger partial charge in [0.05, 0.1) is 6.54 Å². The Hall–Kier alpha value is -2.20. The standard InChI is InChI=1S/C19H20ClNO3/c1-21(19(22)11-10-14-6-2-3-7-16(14)20)12-15-13-23-17-8-4-5-9-18(17)24-15/h2-9,15H,10-13H2,1H3. The van der Waals surface area contributed by atoms with E-state index < -0.39 is 0 Å². The maximum absolute atomic E-state index is 12.3. The summed E-state index contributed by atoms with van der Waals surface area (Å²) >= 11 is 6.13. The van der Waals surface area contributed by atoms with E-state index in [1.807, 2.05) is 48.5 Å². The highest BCUT2D eigenvalue weighted by atomic mass is 35.5. The molecule has 0 radical (unpaired) electrons. The van der Waals surface area contributed by atoms with Gasteiger partial charge in [-0.25, -0.2) is 0 Å². The van der Waals surface area contributed by atoms with Crippen molar-refractivity contribution in [3.05, 3.63) is 59.1 Å². The Morgan fingerprint density at radius 3 is 2.67 bits per heavy atom. The Morgan fingerprint density at radius 1 is 1.17 bits per heavy atom. The minimum Gasteiger partial charge on any atom is -0.486 e. The molecule has 1 aliphatic heterocycles. The van der Waals surface area contributed by atoms with E-state index in [0.717, 1.165) is 17.1 Å². The number of halogens is 1. The molecule has 0 N–H and O–H groups in total. The van der Waals surface area contributed by atoms with Gasteiger partial charge in [0.1, 0.15) is 6.61 Å². The first-order valence-corrected chi connectivity index (χ1v) is 8.37. The lowest BCUT2D eigenvalue weighted by atomic mass is 10.1. The largest absolute Gasteiger partial charge is 0.486 e. The molecule has 1 heterocycles. The second-order valence-electron chi connectivity index (χ2n) is 5.86. The monoisotopic (exact) mass is 345 g/mol. The zero-order chi connectivity index (χ0) is 16.9. The molecule has 126 valence electrons. The lowest BCUT2D eigenvalue weighted by Gasteiger charge is -2.29. The molecule has 0 saturated heterocycles. The summed E-state index contributed by atoms with van der Waals surface area (Å²) in [4.78, 5) is 14.0. The molecule has 1 atom stereocenters. The van der Waals surface area contributed by atoms with Gasteiger partial charge < -0.3 is 14.4 Å². The molecule has 0 fully saturated rings. The number of ether oxygens (including phenoxy) is 2. The average Bonchev–Trinajstić information content (AvgIpc) is 2.60. The summed E-state index contributed by atoms with van der Waals surface area (Å²) in [5, 5.41) is 0.702. The zero-order valence-corrected chi connectivity index (χ0v) is 14.3. The molecule has 0 aromatic heterocycles. The van der Waals surface area contributed by atoms with Crippen molar-refractivity contribution in [1.82, 2.24) is 4.90 Å². The molecule has 24 heavy (non-hydrogen) atoms. The number of carbonyl (C=O) groups is 1. The molecule has 0 spiro atoms. The van der Waals surface area contributed by atoms with Crippen molar-refractivity contribution < 1.29 is 14.3 Å². The van der Waals surface area contributed by atoms with Gasteiger partial charge in [-0.15, -0.1) is 0 Å². The molecule has 2 aromatic rings. The number of aryl methyl sites for hydroxylation is 1. The van der Waals surface area contributed by atoms with Crippen LogP contribution in [0.25, 0.3) is 0 Å². The molecule has 3 rings (SSSR count). The number of para-hydroxylation sites is 2. The molecule has 0 aliphatic carbocycles. The zero-order valence-electron chi connectivity index (χ0n) is 13.6. The van der Waals surface area contributed by atoms with Crippen LogP contribution in [0.3, 0.4) is 0 Å². The molecule has 5 heteroatoms. The molecular formula is C19H20ClNO3. The van der Waals surface area contributed by atoms with E-state index in [-0.39, 0.29) is 12.0 Å². The summed E-state index contributed by atoms with van der Waals surface area (Å²) in [5.74, 6) is 1.55. The van der Waals surface area contributed by atoms with Crippen molar-refractivity contribution in [3.8, 4) is 11.5 Å². The van der Waals surface area contributed by atoms with Crippen LogP contribution in [-0.4, -0.2) is 37.1 Å². The number of hydrogen-bond donors (Lipinski definition) is 0. The second kappa shape index (κ2) is 7.58. The Bertz CT molecular complexity index is 719. The van der Waals surface area contributed by atoms with E-state index in [9.17, 15) is 4.79 Å². The number of hydrogen-bond acceptors (Lipinski definition) is 3. The van der Waals surface area contributed by atoms with Crippen LogP contribution in [0.2, 0.25) is 5.02 Å². The van der Waals surface area contributed by atoms with Gasteiger partial charge in [0.2, 0.25) is 5.91 Å². The van der Waals surface area contributed by atoms with Crippen molar-refractivity contribution in [2.24, 2.45) is 0 Å². The lowest BCUT2D eigenvalue weighted by molar-refractivity contribution is -0.131. The molecule has 1 aliphatic rings. The lowest BCUT2D eigenvalue weighted by Crippen LogP contribution is -2.41. The number of nitrogens with zero attached hydrogens (tertiary/aromatic N) is 1. The fraction of sp³-hybridized carbons (Fsp3) is 0.316. The Labute approximate surface area is 146 Å². The summed E-state index contributed by atoms with van der Waals surface area (Å²) < 4.78 is 11.6. The molecule has 0 bridgehead atoms.